The Kier molecular flexibility index (Phi) is 10.6. The molecule has 0 radical (unpaired) electrons. The number of ether oxygens (including phenoxy) is 1. The lowest BCUT2D eigenvalue weighted by atomic mass is 9.89. The van der Waals surface area contributed by atoms with Gasteiger partial charge in [0.25, 0.3) is 0 Å². The van der Waals surface area contributed by atoms with Crippen LogP contribution in [0.3, 0.4) is 0 Å². The highest BCUT2D eigenvalue weighted by molar-refractivity contribution is 7.09. The fourth-order valence-electron chi connectivity index (χ4n) is 3.68. The van der Waals surface area contributed by atoms with Crippen LogP contribution in [0.5, 0.6) is 0 Å². The number of halogens is 6. The van der Waals surface area contributed by atoms with Gasteiger partial charge < -0.3 is 20.3 Å². The van der Waals surface area contributed by atoms with Gasteiger partial charge in [-0.3, -0.25) is 4.90 Å². The van der Waals surface area contributed by atoms with Gasteiger partial charge in [0.1, 0.15) is 10.8 Å². The van der Waals surface area contributed by atoms with Crippen molar-refractivity contribution in [2.75, 3.05) is 25.0 Å². The van der Waals surface area contributed by atoms with Crippen LogP contribution in [0.1, 0.15) is 24.3 Å². The predicted molar refractivity (Wildman–Crippen MR) is 119 cm³/mol. The summed E-state index contributed by atoms with van der Waals surface area (Å²) in [6.45, 7) is 3.87. The zero-order valence-electron chi connectivity index (χ0n) is 19.1. The number of nitrogens with zero attached hydrogens (tertiary/aromatic N) is 3. The highest BCUT2D eigenvalue weighted by Gasteiger charge is 2.43. The highest BCUT2D eigenvalue weighted by atomic mass is 32.1. The Bertz CT molecular complexity index is 970. The maximum Gasteiger partial charge on any atom is 0.490 e. The van der Waals surface area contributed by atoms with Crippen LogP contribution in [0.4, 0.5) is 32.2 Å². The van der Waals surface area contributed by atoms with Gasteiger partial charge in [0.15, 0.2) is 0 Å². The third-order valence-corrected chi connectivity index (χ3v) is 6.00. The lowest BCUT2D eigenvalue weighted by Gasteiger charge is -2.38. The van der Waals surface area contributed by atoms with Crippen molar-refractivity contribution in [2.24, 2.45) is 0 Å². The quantitative estimate of drug-likeness (QED) is 0.477. The molecule has 2 saturated heterocycles. The molecule has 0 bridgehead atoms. The molecule has 2 fully saturated rings. The highest BCUT2D eigenvalue weighted by Crippen LogP contribution is 2.35. The molecule has 2 aromatic heterocycles. The van der Waals surface area contributed by atoms with Crippen molar-refractivity contribution in [3.63, 3.8) is 0 Å². The maximum absolute atomic E-state index is 10.6. The van der Waals surface area contributed by atoms with Crippen molar-refractivity contribution in [3.05, 3.63) is 41.0 Å². The van der Waals surface area contributed by atoms with E-state index in [0.29, 0.717) is 6.04 Å². The van der Waals surface area contributed by atoms with Crippen LogP contribution < -0.4 is 5.32 Å². The first-order valence-corrected chi connectivity index (χ1v) is 11.6. The average molecular weight is 559 g/mol. The zero-order chi connectivity index (χ0) is 27.7. The van der Waals surface area contributed by atoms with Gasteiger partial charge in [-0.1, -0.05) is 6.07 Å². The van der Waals surface area contributed by atoms with E-state index in [1.807, 2.05) is 36.0 Å². The third-order valence-electron chi connectivity index (χ3n) is 5.23. The first-order valence-electron chi connectivity index (χ1n) is 10.7. The first kappa shape index (κ1) is 30.2. The van der Waals surface area contributed by atoms with Gasteiger partial charge in [0.2, 0.25) is 0 Å². The Morgan fingerprint density at radius 3 is 2.27 bits per heavy atom. The summed E-state index contributed by atoms with van der Waals surface area (Å²) in [5, 5.41) is 21.1. The van der Waals surface area contributed by atoms with E-state index in [4.69, 9.17) is 24.5 Å². The largest absolute Gasteiger partial charge is 0.490 e. The number of likely N-dealkylation sites (tertiary alicyclic amines) is 1. The summed E-state index contributed by atoms with van der Waals surface area (Å²) in [6.07, 6.45) is -3.24. The van der Waals surface area contributed by atoms with Crippen molar-refractivity contribution in [1.82, 2.24) is 14.9 Å². The SMILES string of the molecule is O=C(O)C(F)(F)F.O=C(O)C(F)(F)F.c1ccc(N[C@@H]2CCO[C@]3(CCN(Cc4nccs4)C3)C2)nc1. The predicted octanol–water partition coefficient (Wildman–Crippen LogP) is 4.04. The molecule has 9 nitrogen and oxygen atoms in total. The van der Waals surface area contributed by atoms with Gasteiger partial charge in [0, 0.05) is 43.5 Å². The van der Waals surface area contributed by atoms with Crippen molar-refractivity contribution in [3.8, 4) is 0 Å². The van der Waals surface area contributed by atoms with E-state index in [2.05, 4.69) is 20.2 Å². The van der Waals surface area contributed by atoms with E-state index in [9.17, 15) is 26.3 Å². The molecule has 0 aromatic carbocycles. The second kappa shape index (κ2) is 13.0. The van der Waals surface area contributed by atoms with Gasteiger partial charge in [-0.25, -0.2) is 19.6 Å². The Hall–Kier alpha value is -2.98. The smallest absolute Gasteiger partial charge is 0.475 e. The molecule has 2 aromatic rings. The third kappa shape index (κ3) is 10.5. The summed E-state index contributed by atoms with van der Waals surface area (Å²) in [6, 6.07) is 6.45. The number of pyridine rings is 1. The van der Waals surface area contributed by atoms with E-state index in [0.717, 1.165) is 51.3 Å². The summed E-state index contributed by atoms with van der Waals surface area (Å²) in [4.78, 5) is 29.0. The minimum Gasteiger partial charge on any atom is -0.475 e. The molecule has 0 aliphatic carbocycles. The Morgan fingerprint density at radius 2 is 1.76 bits per heavy atom. The van der Waals surface area contributed by atoms with Crippen molar-refractivity contribution < 1.29 is 50.9 Å². The minimum absolute atomic E-state index is 0.00194. The van der Waals surface area contributed by atoms with Gasteiger partial charge in [-0.05, 0) is 31.4 Å². The summed E-state index contributed by atoms with van der Waals surface area (Å²) in [5.41, 5.74) is 0.00194. The number of hydrogen-bond acceptors (Lipinski definition) is 8. The van der Waals surface area contributed by atoms with Crippen LogP contribution >= 0.6 is 11.3 Å². The summed E-state index contributed by atoms with van der Waals surface area (Å²) in [7, 11) is 0. The second-order valence-corrected chi connectivity index (χ2v) is 9.05. The number of carboxylic acids is 2. The van der Waals surface area contributed by atoms with Crippen LogP contribution in [0, 0.1) is 0 Å². The fourth-order valence-corrected chi connectivity index (χ4v) is 4.34. The molecule has 2 aliphatic rings. The van der Waals surface area contributed by atoms with Crippen LogP contribution in [-0.4, -0.2) is 80.7 Å². The summed E-state index contributed by atoms with van der Waals surface area (Å²) in [5.74, 6) is -4.55. The van der Waals surface area contributed by atoms with Gasteiger partial charge in [0.05, 0.1) is 12.1 Å². The monoisotopic (exact) mass is 558 g/mol. The molecule has 206 valence electrons. The topological polar surface area (TPSA) is 125 Å². The number of aliphatic carboxylic acids is 2. The molecule has 0 unspecified atom stereocenters. The van der Waals surface area contributed by atoms with Crippen LogP contribution in [0.25, 0.3) is 0 Å². The standard InChI is InChI=1S/C17H22N4OS.2C2HF3O2/c1-2-6-18-15(3-1)20-14-4-9-22-17(11-14)5-8-21(13-17)12-16-19-7-10-23-16;2*3-2(4,5)1(6)7/h1-3,6-7,10,14H,4-5,8-9,11-13H2,(H,18,20);2*(H,6,7)/t14-,17-;;/m1../s1. The van der Waals surface area contributed by atoms with Crippen LogP contribution in [0.15, 0.2) is 36.0 Å². The summed E-state index contributed by atoms with van der Waals surface area (Å²) >= 11 is 1.73. The maximum atomic E-state index is 10.6. The molecular weight excluding hydrogens is 534 g/mol. The van der Waals surface area contributed by atoms with Crippen molar-refractivity contribution >= 4 is 29.1 Å². The number of hydrogen-bond donors (Lipinski definition) is 3. The van der Waals surface area contributed by atoms with Crippen molar-refractivity contribution in [2.45, 2.75) is 49.8 Å². The number of aromatic nitrogens is 2. The van der Waals surface area contributed by atoms with Crippen LogP contribution in [-0.2, 0) is 20.9 Å². The van der Waals surface area contributed by atoms with E-state index >= 15 is 0 Å². The van der Waals surface area contributed by atoms with Gasteiger partial charge >= 0.3 is 24.3 Å². The van der Waals surface area contributed by atoms with E-state index in [1.54, 1.807) is 11.3 Å². The van der Waals surface area contributed by atoms with Crippen molar-refractivity contribution in [1.29, 1.82) is 0 Å². The number of carboxylic acid groups (broad SMARTS) is 2. The molecule has 4 heterocycles. The Morgan fingerprint density at radius 1 is 1.11 bits per heavy atom. The normalized spacial score (nSPS) is 21.8. The Balaban J connectivity index is 0.000000286. The molecule has 0 amide bonds. The van der Waals surface area contributed by atoms with E-state index in [1.165, 1.54) is 5.01 Å². The first-order chi connectivity index (χ1) is 17.2. The minimum atomic E-state index is -5.08. The van der Waals surface area contributed by atoms with Gasteiger partial charge in [-0.15, -0.1) is 11.3 Å². The molecule has 16 heteroatoms. The lowest BCUT2D eigenvalue weighted by molar-refractivity contribution is -0.193. The molecule has 1 spiro atoms. The Labute approximate surface area is 211 Å². The number of rotatable bonds is 4. The van der Waals surface area contributed by atoms with E-state index < -0.39 is 24.3 Å². The number of alkyl halides is 6. The molecule has 4 rings (SSSR count). The number of thiazole rings is 1. The van der Waals surface area contributed by atoms with E-state index in [-0.39, 0.29) is 5.60 Å². The number of carbonyl (C=O) groups is 2. The lowest BCUT2D eigenvalue weighted by Crippen LogP contribution is -2.46. The fraction of sp³-hybridized carbons (Fsp3) is 0.524. The zero-order valence-corrected chi connectivity index (χ0v) is 19.9. The molecular formula is C21H24F6N4O5S. The molecule has 2 aliphatic heterocycles. The number of anilines is 1. The number of nitrogens with one attached hydrogen (secondary N) is 1. The van der Waals surface area contributed by atoms with Gasteiger partial charge in [-0.2, -0.15) is 26.3 Å². The average Bonchev–Trinajstić information content (AvgIpc) is 3.45. The molecule has 3 N–H and O–H groups in total. The molecule has 0 saturated carbocycles. The molecule has 37 heavy (non-hydrogen) atoms. The van der Waals surface area contributed by atoms with Crippen LogP contribution in [0.2, 0.25) is 0 Å². The summed E-state index contributed by atoms with van der Waals surface area (Å²) < 4.78 is 69.7. The molecule has 2 atom stereocenters. The second-order valence-electron chi connectivity index (χ2n) is 8.07.